The van der Waals surface area contributed by atoms with Crippen molar-refractivity contribution in [2.24, 2.45) is 0 Å². The largest absolute Gasteiger partial charge is 0.325 e. The lowest BCUT2D eigenvalue weighted by Crippen LogP contribution is -2.14. The topological polar surface area (TPSA) is 46.9 Å². The predicted molar refractivity (Wildman–Crippen MR) is 98.6 cm³/mol. The lowest BCUT2D eigenvalue weighted by atomic mass is 10.2. The number of anilines is 1. The van der Waals surface area contributed by atoms with Gasteiger partial charge in [-0.15, -0.1) is 0 Å². The molecule has 0 spiro atoms. The minimum atomic E-state index is -0.0488. The van der Waals surface area contributed by atoms with Gasteiger partial charge >= 0.3 is 0 Å². The zero-order valence-electron chi connectivity index (χ0n) is 12.9. The van der Waals surface area contributed by atoms with Crippen LogP contribution in [0.15, 0.2) is 72.1 Å². The summed E-state index contributed by atoms with van der Waals surface area (Å²) in [7, 11) is 0. The SMILES string of the molecule is O=C(CSc1nccn1Cc1ccc(Cl)cc1)Nc1ccccc1. The zero-order valence-corrected chi connectivity index (χ0v) is 14.4. The number of rotatable bonds is 6. The smallest absolute Gasteiger partial charge is 0.234 e. The number of carbonyl (C=O) groups is 1. The molecule has 3 rings (SSSR count). The van der Waals surface area contributed by atoms with Crippen molar-refractivity contribution in [2.45, 2.75) is 11.7 Å². The molecule has 3 aromatic rings. The molecule has 0 fully saturated rings. The van der Waals surface area contributed by atoms with Gasteiger partial charge in [0.1, 0.15) is 0 Å². The quantitative estimate of drug-likeness (QED) is 0.668. The molecule has 0 aliphatic rings. The second-order valence-corrected chi connectivity index (χ2v) is 6.55. The molecule has 1 amide bonds. The fourth-order valence-electron chi connectivity index (χ4n) is 2.19. The summed E-state index contributed by atoms with van der Waals surface area (Å²) < 4.78 is 2.02. The molecule has 0 aliphatic heterocycles. The first-order valence-corrected chi connectivity index (χ1v) is 8.80. The number of nitrogens with zero attached hydrogens (tertiary/aromatic N) is 2. The minimum Gasteiger partial charge on any atom is -0.325 e. The van der Waals surface area contributed by atoms with Gasteiger partial charge in [0, 0.05) is 29.6 Å². The van der Waals surface area contributed by atoms with Crippen molar-refractivity contribution in [3.05, 3.63) is 77.6 Å². The summed E-state index contributed by atoms with van der Waals surface area (Å²) >= 11 is 7.33. The van der Waals surface area contributed by atoms with E-state index in [4.69, 9.17) is 11.6 Å². The van der Waals surface area contributed by atoms with Crippen LogP contribution in [0.4, 0.5) is 5.69 Å². The number of imidazole rings is 1. The Balaban J connectivity index is 1.57. The molecule has 0 bridgehead atoms. The van der Waals surface area contributed by atoms with Crippen molar-refractivity contribution >= 4 is 35.0 Å². The first-order valence-electron chi connectivity index (χ1n) is 7.44. The summed E-state index contributed by atoms with van der Waals surface area (Å²) in [6, 6.07) is 17.1. The maximum Gasteiger partial charge on any atom is 0.234 e. The number of nitrogens with one attached hydrogen (secondary N) is 1. The molecule has 0 saturated heterocycles. The molecule has 24 heavy (non-hydrogen) atoms. The maximum atomic E-state index is 12.0. The van der Waals surface area contributed by atoms with Crippen LogP contribution in [0.3, 0.4) is 0 Å². The first kappa shape index (κ1) is 16.6. The third-order valence-electron chi connectivity index (χ3n) is 3.33. The Morgan fingerprint density at radius 3 is 2.62 bits per heavy atom. The molecule has 122 valence electrons. The highest BCUT2D eigenvalue weighted by atomic mass is 35.5. The van der Waals surface area contributed by atoms with Crippen molar-refractivity contribution < 1.29 is 4.79 Å². The molecule has 1 N–H and O–H groups in total. The van der Waals surface area contributed by atoms with Gasteiger partial charge in [-0.1, -0.05) is 53.7 Å². The molecule has 1 heterocycles. The van der Waals surface area contributed by atoms with Gasteiger partial charge in [-0.2, -0.15) is 0 Å². The molecular formula is C18H16ClN3OS. The van der Waals surface area contributed by atoms with Crippen molar-refractivity contribution in [3.63, 3.8) is 0 Å². The minimum absolute atomic E-state index is 0.0488. The van der Waals surface area contributed by atoms with Gasteiger partial charge in [-0.25, -0.2) is 4.98 Å². The Bertz CT molecular complexity index is 803. The molecule has 1 aromatic heterocycles. The Hall–Kier alpha value is -2.24. The number of hydrogen-bond acceptors (Lipinski definition) is 3. The average molecular weight is 358 g/mol. The van der Waals surface area contributed by atoms with Gasteiger partial charge in [0.2, 0.25) is 5.91 Å². The molecule has 0 atom stereocenters. The van der Waals surface area contributed by atoms with Crippen LogP contribution < -0.4 is 5.32 Å². The van der Waals surface area contributed by atoms with Crippen molar-refractivity contribution in [2.75, 3.05) is 11.1 Å². The Kier molecular flexibility index (Phi) is 5.56. The normalized spacial score (nSPS) is 10.5. The first-order chi connectivity index (χ1) is 11.7. The van der Waals surface area contributed by atoms with Gasteiger partial charge in [0.05, 0.1) is 5.75 Å². The Labute approximate surface area is 149 Å². The molecule has 0 saturated carbocycles. The molecule has 6 heteroatoms. The van der Waals surface area contributed by atoms with Crippen LogP contribution in [-0.4, -0.2) is 21.2 Å². The molecule has 0 unspecified atom stereocenters. The number of benzene rings is 2. The van der Waals surface area contributed by atoms with Gasteiger partial charge in [-0.05, 0) is 29.8 Å². The third-order valence-corrected chi connectivity index (χ3v) is 4.59. The summed E-state index contributed by atoms with van der Waals surface area (Å²) in [5.41, 5.74) is 1.93. The van der Waals surface area contributed by atoms with Crippen molar-refractivity contribution in [1.82, 2.24) is 9.55 Å². The van der Waals surface area contributed by atoms with Crippen LogP contribution in [0.5, 0.6) is 0 Å². The highest BCUT2D eigenvalue weighted by Crippen LogP contribution is 2.18. The van der Waals surface area contributed by atoms with E-state index in [1.165, 1.54) is 11.8 Å². The van der Waals surface area contributed by atoms with E-state index in [0.29, 0.717) is 12.3 Å². The number of thioether (sulfide) groups is 1. The van der Waals surface area contributed by atoms with Gasteiger partial charge < -0.3 is 9.88 Å². The molecule has 0 radical (unpaired) electrons. The summed E-state index contributed by atoms with van der Waals surface area (Å²) in [6.07, 6.45) is 3.65. The van der Waals surface area contributed by atoms with Gasteiger partial charge in [0.15, 0.2) is 5.16 Å². The fraction of sp³-hybridized carbons (Fsp3) is 0.111. The van der Waals surface area contributed by atoms with E-state index >= 15 is 0 Å². The number of hydrogen-bond donors (Lipinski definition) is 1. The van der Waals surface area contributed by atoms with Crippen LogP contribution in [0, 0.1) is 0 Å². The van der Waals surface area contributed by atoms with E-state index in [0.717, 1.165) is 21.4 Å². The average Bonchev–Trinajstić information content (AvgIpc) is 3.03. The van der Waals surface area contributed by atoms with E-state index in [1.54, 1.807) is 6.20 Å². The summed E-state index contributed by atoms with van der Waals surface area (Å²) in [5.74, 6) is 0.263. The standard InChI is InChI=1S/C18H16ClN3OS/c19-15-8-6-14(7-9-15)12-22-11-10-20-18(22)24-13-17(23)21-16-4-2-1-3-5-16/h1-11H,12-13H2,(H,21,23). The van der Waals surface area contributed by atoms with Crippen LogP contribution in [0.1, 0.15) is 5.56 Å². The fourth-order valence-corrected chi connectivity index (χ4v) is 3.08. The van der Waals surface area contributed by atoms with Gasteiger partial charge in [0.25, 0.3) is 0 Å². The van der Waals surface area contributed by atoms with Crippen LogP contribution in [0.2, 0.25) is 5.02 Å². The number of aromatic nitrogens is 2. The van der Waals surface area contributed by atoms with E-state index in [-0.39, 0.29) is 5.91 Å². The van der Waals surface area contributed by atoms with E-state index in [2.05, 4.69) is 10.3 Å². The number of amides is 1. The maximum absolute atomic E-state index is 12.0. The molecule has 0 aliphatic carbocycles. The lowest BCUT2D eigenvalue weighted by Gasteiger charge is -2.08. The summed E-state index contributed by atoms with van der Waals surface area (Å²) in [4.78, 5) is 16.4. The molecule has 4 nitrogen and oxygen atoms in total. The Morgan fingerprint density at radius 2 is 1.88 bits per heavy atom. The van der Waals surface area contributed by atoms with Crippen LogP contribution >= 0.6 is 23.4 Å². The summed E-state index contributed by atoms with van der Waals surface area (Å²) in [5, 5.41) is 4.40. The van der Waals surface area contributed by atoms with Crippen molar-refractivity contribution in [3.8, 4) is 0 Å². The van der Waals surface area contributed by atoms with Crippen LogP contribution in [0.25, 0.3) is 0 Å². The highest BCUT2D eigenvalue weighted by Gasteiger charge is 2.08. The third kappa shape index (κ3) is 4.63. The lowest BCUT2D eigenvalue weighted by molar-refractivity contribution is -0.113. The monoisotopic (exact) mass is 357 g/mol. The van der Waals surface area contributed by atoms with E-state index < -0.39 is 0 Å². The number of halogens is 1. The van der Waals surface area contributed by atoms with E-state index in [9.17, 15) is 4.79 Å². The second-order valence-electron chi connectivity index (χ2n) is 5.17. The zero-order chi connectivity index (χ0) is 16.8. The highest BCUT2D eigenvalue weighted by molar-refractivity contribution is 7.99. The number of para-hydroxylation sites is 1. The van der Waals surface area contributed by atoms with Crippen LogP contribution in [-0.2, 0) is 11.3 Å². The Morgan fingerprint density at radius 1 is 1.12 bits per heavy atom. The predicted octanol–water partition coefficient (Wildman–Crippen LogP) is 4.32. The number of carbonyl (C=O) groups excluding carboxylic acids is 1. The van der Waals surface area contributed by atoms with Crippen molar-refractivity contribution in [1.29, 1.82) is 0 Å². The molecule has 2 aromatic carbocycles. The van der Waals surface area contributed by atoms with E-state index in [1.807, 2.05) is 65.4 Å². The molecular weight excluding hydrogens is 342 g/mol. The van der Waals surface area contributed by atoms with Gasteiger partial charge in [-0.3, -0.25) is 4.79 Å². The second kappa shape index (κ2) is 8.04. The summed E-state index contributed by atoms with van der Waals surface area (Å²) in [6.45, 7) is 0.694.